The van der Waals surface area contributed by atoms with Gasteiger partial charge in [-0.05, 0) is 49.9 Å². The van der Waals surface area contributed by atoms with Crippen LogP contribution in [0.1, 0.15) is 24.8 Å². The Hall–Kier alpha value is -1.50. The summed E-state index contributed by atoms with van der Waals surface area (Å²) in [7, 11) is 2.16. The van der Waals surface area contributed by atoms with E-state index in [0.717, 1.165) is 64.1 Å². The van der Waals surface area contributed by atoms with Gasteiger partial charge in [-0.3, -0.25) is 9.69 Å². The Balaban J connectivity index is 1.60. The van der Waals surface area contributed by atoms with Gasteiger partial charge in [0.2, 0.25) is 5.91 Å². The van der Waals surface area contributed by atoms with E-state index in [1.54, 1.807) is 12.1 Å². The maximum Gasteiger partial charge on any atom is 0.227 e. The Morgan fingerprint density at radius 1 is 1.15 bits per heavy atom. The third kappa shape index (κ3) is 5.50. The number of halogens is 1. The van der Waals surface area contributed by atoms with Crippen LogP contribution in [0.5, 0.6) is 0 Å². The number of carbonyl (C=O) groups excluding carboxylic acids is 1. The van der Waals surface area contributed by atoms with Crippen LogP contribution in [0, 0.1) is 11.7 Å². The van der Waals surface area contributed by atoms with Crippen LogP contribution in [0.2, 0.25) is 0 Å². The van der Waals surface area contributed by atoms with Crippen LogP contribution in [-0.4, -0.2) is 84.7 Å². The zero-order valence-corrected chi connectivity index (χ0v) is 16.3. The maximum absolute atomic E-state index is 13.1. The SMILES string of the molecule is CN1CCN([C@@H]2CCN(C(=O)Cc3ccc(F)cc3)C[C@@H]2CCCO)CC1. The molecule has 5 nitrogen and oxygen atoms in total. The molecule has 1 aromatic rings. The monoisotopic (exact) mass is 377 g/mol. The molecule has 0 saturated carbocycles. The summed E-state index contributed by atoms with van der Waals surface area (Å²) in [5.41, 5.74) is 0.856. The fraction of sp³-hybridized carbons (Fsp3) is 0.667. The van der Waals surface area contributed by atoms with E-state index in [0.29, 0.717) is 18.4 Å². The van der Waals surface area contributed by atoms with Crippen LogP contribution >= 0.6 is 0 Å². The lowest BCUT2D eigenvalue weighted by Crippen LogP contribution is -2.57. The average molecular weight is 378 g/mol. The molecule has 0 radical (unpaired) electrons. The predicted molar refractivity (Wildman–Crippen MR) is 104 cm³/mol. The lowest BCUT2D eigenvalue weighted by Gasteiger charge is -2.46. The van der Waals surface area contributed by atoms with Gasteiger partial charge in [-0.15, -0.1) is 0 Å². The second-order valence-corrected chi connectivity index (χ2v) is 7.96. The molecule has 27 heavy (non-hydrogen) atoms. The second-order valence-electron chi connectivity index (χ2n) is 7.96. The first-order valence-corrected chi connectivity index (χ1v) is 10.1. The van der Waals surface area contributed by atoms with Crippen LogP contribution in [0.25, 0.3) is 0 Å². The minimum Gasteiger partial charge on any atom is -0.396 e. The lowest BCUT2D eigenvalue weighted by molar-refractivity contribution is -0.133. The van der Waals surface area contributed by atoms with E-state index in [2.05, 4.69) is 16.8 Å². The van der Waals surface area contributed by atoms with Crippen LogP contribution in [0.4, 0.5) is 4.39 Å². The van der Waals surface area contributed by atoms with Crippen molar-refractivity contribution in [2.24, 2.45) is 5.92 Å². The van der Waals surface area contributed by atoms with E-state index in [4.69, 9.17) is 0 Å². The van der Waals surface area contributed by atoms with Gasteiger partial charge in [-0.1, -0.05) is 12.1 Å². The maximum atomic E-state index is 13.1. The van der Waals surface area contributed by atoms with Gasteiger partial charge >= 0.3 is 0 Å². The van der Waals surface area contributed by atoms with Crippen molar-refractivity contribution in [2.45, 2.75) is 31.7 Å². The zero-order chi connectivity index (χ0) is 19.2. The molecular weight excluding hydrogens is 345 g/mol. The number of likely N-dealkylation sites (tertiary alicyclic amines) is 1. The Morgan fingerprint density at radius 3 is 2.52 bits per heavy atom. The van der Waals surface area contributed by atoms with Gasteiger partial charge in [0, 0.05) is 51.9 Å². The van der Waals surface area contributed by atoms with Crippen molar-refractivity contribution in [1.29, 1.82) is 0 Å². The van der Waals surface area contributed by atoms with E-state index in [1.807, 2.05) is 4.90 Å². The molecule has 2 aliphatic rings. The highest BCUT2D eigenvalue weighted by molar-refractivity contribution is 5.78. The number of benzene rings is 1. The smallest absolute Gasteiger partial charge is 0.227 e. The van der Waals surface area contributed by atoms with Crippen LogP contribution in [-0.2, 0) is 11.2 Å². The van der Waals surface area contributed by atoms with Gasteiger partial charge in [0.15, 0.2) is 0 Å². The molecule has 0 aromatic heterocycles. The summed E-state index contributed by atoms with van der Waals surface area (Å²) in [6.07, 6.45) is 3.06. The quantitative estimate of drug-likeness (QED) is 0.818. The molecule has 2 atom stereocenters. The summed E-state index contributed by atoms with van der Waals surface area (Å²) in [5, 5.41) is 9.29. The van der Waals surface area contributed by atoms with Gasteiger partial charge in [0.1, 0.15) is 5.82 Å². The number of carbonyl (C=O) groups is 1. The summed E-state index contributed by atoms with van der Waals surface area (Å²) in [5.74, 6) is 0.252. The number of hydrogen-bond donors (Lipinski definition) is 1. The number of rotatable bonds is 6. The number of nitrogens with zero attached hydrogens (tertiary/aromatic N) is 3. The molecule has 1 aromatic carbocycles. The van der Waals surface area contributed by atoms with Crippen molar-refractivity contribution in [1.82, 2.24) is 14.7 Å². The molecule has 2 aliphatic heterocycles. The first-order chi connectivity index (χ1) is 13.1. The number of aliphatic hydroxyl groups excluding tert-OH is 1. The molecule has 0 aliphatic carbocycles. The Morgan fingerprint density at radius 2 is 1.85 bits per heavy atom. The predicted octanol–water partition coefficient (Wildman–Crippen LogP) is 1.61. The minimum atomic E-state index is -0.275. The fourth-order valence-corrected chi connectivity index (χ4v) is 4.41. The van der Waals surface area contributed by atoms with Crippen LogP contribution in [0.15, 0.2) is 24.3 Å². The van der Waals surface area contributed by atoms with E-state index in [-0.39, 0.29) is 18.3 Å². The molecule has 1 amide bonds. The summed E-state index contributed by atoms with van der Waals surface area (Å²) in [6, 6.07) is 6.69. The average Bonchev–Trinajstić information content (AvgIpc) is 2.68. The standard InChI is InChI=1S/C21H32FN3O2/c1-23-10-12-24(13-11-23)20-8-9-25(16-18(20)3-2-14-26)21(27)15-17-4-6-19(22)7-5-17/h4-7,18,20,26H,2-3,8-16H2,1H3/t18-,20+/m0/s1. The molecule has 0 spiro atoms. The molecule has 150 valence electrons. The number of hydrogen-bond acceptors (Lipinski definition) is 4. The summed E-state index contributed by atoms with van der Waals surface area (Å²) in [6.45, 7) is 6.10. The molecule has 0 unspecified atom stereocenters. The molecule has 1 N–H and O–H groups in total. The highest BCUT2D eigenvalue weighted by Crippen LogP contribution is 2.27. The number of amides is 1. The van der Waals surface area contributed by atoms with Gasteiger partial charge in [0.25, 0.3) is 0 Å². The first-order valence-electron chi connectivity index (χ1n) is 10.1. The van der Waals surface area contributed by atoms with E-state index in [1.165, 1.54) is 12.1 Å². The summed E-state index contributed by atoms with van der Waals surface area (Å²) < 4.78 is 13.1. The molecule has 6 heteroatoms. The van der Waals surface area contributed by atoms with E-state index in [9.17, 15) is 14.3 Å². The number of aliphatic hydroxyl groups is 1. The second kappa shape index (κ2) is 9.62. The Kier molecular flexibility index (Phi) is 7.21. The van der Waals surface area contributed by atoms with E-state index >= 15 is 0 Å². The normalized spacial score (nSPS) is 24.9. The van der Waals surface area contributed by atoms with Gasteiger partial charge in [0.05, 0.1) is 6.42 Å². The number of likely N-dealkylation sites (N-methyl/N-ethyl adjacent to an activating group) is 1. The van der Waals surface area contributed by atoms with Crippen molar-refractivity contribution in [2.75, 3.05) is 52.9 Å². The summed E-state index contributed by atoms with van der Waals surface area (Å²) in [4.78, 5) is 19.7. The highest BCUT2D eigenvalue weighted by Gasteiger charge is 2.35. The van der Waals surface area contributed by atoms with Crippen molar-refractivity contribution in [3.63, 3.8) is 0 Å². The van der Waals surface area contributed by atoms with Crippen LogP contribution in [0.3, 0.4) is 0 Å². The third-order valence-corrected chi connectivity index (χ3v) is 6.06. The highest BCUT2D eigenvalue weighted by atomic mass is 19.1. The molecule has 3 rings (SSSR count). The van der Waals surface area contributed by atoms with Crippen molar-refractivity contribution < 1.29 is 14.3 Å². The van der Waals surface area contributed by atoms with E-state index < -0.39 is 0 Å². The lowest BCUT2D eigenvalue weighted by atomic mass is 9.86. The Bertz CT molecular complexity index is 602. The molecule has 0 bridgehead atoms. The number of piperazine rings is 1. The molecule has 2 saturated heterocycles. The third-order valence-electron chi connectivity index (χ3n) is 6.06. The van der Waals surface area contributed by atoms with Crippen LogP contribution < -0.4 is 0 Å². The van der Waals surface area contributed by atoms with Crippen molar-refractivity contribution in [3.05, 3.63) is 35.6 Å². The summed E-state index contributed by atoms with van der Waals surface area (Å²) >= 11 is 0. The fourth-order valence-electron chi connectivity index (χ4n) is 4.41. The topological polar surface area (TPSA) is 47.0 Å². The zero-order valence-electron chi connectivity index (χ0n) is 16.3. The minimum absolute atomic E-state index is 0.118. The van der Waals surface area contributed by atoms with Crippen molar-refractivity contribution >= 4 is 5.91 Å². The first kappa shape index (κ1) is 20.2. The Labute approximate surface area is 161 Å². The van der Waals surface area contributed by atoms with Gasteiger partial charge < -0.3 is 14.9 Å². The molecule has 2 fully saturated rings. The largest absolute Gasteiger partial charge is 0.396 e. The van der Waals surface area contributed by atoms with Crippen molar-refractivity contribution in [3.8, 4) is 0 Å². The molecule has 2 heterocycles. The molecular formula is C21H32FN3O2. The van der Waals surface area contributed by atoms with Gasteiger partial charge in [-0.2, -0.15) is 0 Å². The number of piperidine rings is 1. The van der Waals surface area contributed by atoms with Gasteiger partial charge in [-0.25, -0.2) is 4.39 Å².